The van der Waals surface area contributed by atoms with Crippen LogP contribution in [0.1, 0.15) is 5.56 Å². The second-order valence-electron chi connectivity index (χ2n) is 5.79. The van der Waals surface area contributed by atoms with Crippen LogP contribution in [-0.2, 0) is 4.79 Å². The van der Waals surface area contributed by atoms with E-state index in [1.807, 2.05) is 78.9 Å². The van der Waals surface area contributed by atoms with E-state index in [1.165, 1.54) is 0 Å². The van der Waals surface area contributed by atoms with E-state index in [9.17, 15) is 4.79 Å². The normalized spacial score (nSPS) is 12.3. The summed E-state index contributed by atoms with van der Waals surface area (Å²) in [7, 11) is 0. The fourth-order valence-electron chi connectivity index (χ4n) is 2.82. The van der Waals surface area contributed by atoms with Crippen molar-refractivity contribution in [2.75, 3.05) is 11.7 Å². The summed E-state index contributed by atoms with van der Waals surface area (Å²) in [6.45, 7) is 0.233. The van der Waals surface area contributed by atoms with Crippen LogP contribution >= 0.6 is 0 Å². The van der Waals surface area contributed by atoms with Crippen molar-refractivity contribution in [2.45, 2.75) is 0 Å². The Morgan fingerprint density at radius 2 is 1.42 bits per heavy atom. The number of ether oxygens (including phenoxy) is 2. The van der Waals surface area contributed by atoms with Gasteiger partial charge in [0.05, 0.1) is 0 Å². The van der Waals surface area contributed by atoms with E-state index in [0.29, 0.717) is 5.75 Å². The second-order valence-corrected chi connectivity index (χ2v) is 5.79. The number of benzene rings is 3. The minimum atomic E-state index is -0.125. The van der Waals surface area contributed by atoms with E-state index in [1.54, 1.807) is 17.1 Å². The topological polar surface area (TPSA) is 38.8 Å². The molecule has 4 rings (SSSR count). The van der Waals surface area contributed by atoms with Gasteiger partial charge in [-0.1, -0.05) is 42.5 Å². The van der Waals surface area contributed by atoms with Crippen molar-refractivity contribution in [3.05, 3.63) is 90.5 Å². The van der Waals surface area contributed by atoms with Gasteiger partial charge in [-0.2, -0.15) is 0 Å². The Morgan fingerprint density at radius 1 is 0.808 bits per heavy atom. The number of hydrogen-bond acceptors (Lipinski definition) is 3. The standard InChI is InChI=1S/C22H17NO3/c24-22(14-12-17-11-13-20-21(15-17)26-16-25-20)23(18-7-3-1-4-8-18)19-9-5-2-6-10-19/h1-15H,16H2/b14-12+. The van der Waals surface area contributed by atoms with Gasteiger partial charge in [0.15, 0.2) is 11.5 Å². The first-order chi connectivity index (χ1) is 12.8. The predicted molar refractivity (Wildman–Crippen MR) is 102 cm³/mol. The summed E-state index contributed by atoms with van der Waals surface area (Å²) in [6, 6.07) is 24.8. The number of rotatable bonds is 4. The molecule has 0 N–H and O–H groups in total. The largest absolute Gasteiger partial charge is 0.454 e. The van der Waals surface area contributed by atoms with Crippen molar-refractivity contribution >= 4 is 23.4 Å². The summed E-state index contributed by atoms with van der Waals surface area (Å²) in [5.41, 5.74) is 2.52. The third kappa shape index (κ3) is 3.30. The summed E-state index contributed by atoms with van der Waals surface area (Å²) in [5.74, 6) is 1.30. The number of para-hydroxylation sites is 2. The molecule has 128 valence electrons. The van der Waals surface area contributed by atoms with Crippen molar-refractivity contribution in [1.82, 2.24) is 0 Å². The minimum absolute atomic E-state index is 0.125. The van der Waals surface area contributed by atoms with Gasteiger partial charge in [0.2, 0.25) is 6.79 Å². The lowest BCUT2D eigenvalue weighted by molar-refractivity contribution is -0.113. The Hall–Kier alpha value is -3.53. The fourth-order valence-corrected chi connectivity index (χ4v) is 2.82. The van der Waals surface area contributed by atoms with Crippen molar-refractivity contribution in [1.29, 1.82) is 0 Å². The predicted octanol–water partition coefficient (Wildman–Crippen LogP) is 4.79. The summed E-state index contributed by atoms with van der Waals surface area (Å²) >= 11 is 0. The molecule has 1 aliphatic rings. The van der Waals surface area contributed by atoms with E-state index in [-0.39, 0.29) is 12.7 Å². The van der Waals surface area contributed by atoms with Gasteiger partial charge in [-0.05, 0) is 48.0 Å². The highest BCUT2D eigenvalue weighted by molar-refractivity contribution is 6.08. The number of carbonyl (C=O) groups is 1. The van der Waals surface area contributed by atoms with E-state index >= 15 is 0 Å². The molecule has 4 nitrogen and oxygen atoms in total. The van der Waals surface area contributed by atoms with Gasteiger partial charge in [-0.25, -0.2) is 0 Å². The van der Waals surface area contributed by atoms with Crippen LogP contribution in [0.5, 0.6) is 11.5 Å². The van der Waals surface area contributed by atoms with Gasteiger partial charge < -0.3 is 9.47 Å². The van der Waals surface area contributed by atoms with E-state index in [0.717, 1.165) is 22.7 Å². The summed E-state index contributed by atoms with van der Waals surface area (Å²) in [6.07, 6.45) is 3.35. The molecule has 0 bridgehead atoms. The molecule has 3 aromatic rings. The smallest absolute Gasteiger partial charge is 0.255 e. The molecule has 26 heavy (non-hydrogen) atoms. The Bertz CT molecular complexity index is 897. The van der Waals surface area contributed by atoms with Gasteiger partial charge >= 0.3 is 0 Å². The zero-order chi connectivity index (χ0) is 17.8. The first kappa shape index (κ1) is 16.0. The van der Waals surface area contributed by atoms with E-state index in [2.05, 4.69) is 0 Å². The summed E-state index contributed by atoms with van der Waals surface area (Å²) < 4.78 is 10.7. The van der Waals surface area contributed by atoms with Crippen molar-refractivity contribution in [2.24, 2.45) is 0 Å². The highest BCUT2D eigenvalue weighted by Crippen LogP contribution is 2.33. The molecule has 0 saturated heterocycles. The number of nitrogens with zero attached hydrogens (tertiary/aromatic N) is 1. The fraction of sp³-hybridized carbons (Fsp3) is 0.0455. The van der Waals surface area contributed by atoms with Crippen LogP contribution in [0.15, 0.2) is 84.9 Å². The molecule has 1 amide bonds. The Balaban J connectivity index is 1.62. The lowest BCUT2D eigenvalue weighted by Crippen LogP contribution is -2.23. The highest BCUT2D eigenvalue weighted by Gasteiger charge is 2.16. The lowest BCUT2D eigenvalue weighted by atomic mass is 10.1. The molecule has 4 heteroatoms. The van der Waals surface area contributed by atoms with Crippen LogP contribution in [0, 0.1) is 0 Å². The molecule has 0 unspecified atom stereocenters. The van der Waals surface area contributed by atoms with Crippen LogP contribution in [0.3, 0.4) is 0 Å². The molecule has 0 spiro atoms. The van der Waals surface area contributed by atoms with Gasteiger partial charge in [-0.3, -0.25) is 9.69 Å². The zero-order valence-corrected chi connectivity index (χ0v) is 14.0. The molecule has 0 aromatic heterocycles. The highest BCUT2D eigenvalue weighted by atomic mass is 16.7. The van der Waals surface area contributed by atoms with E-state index < -0.39 is 0 Å². The zero-order valence-electron chi connectivity index (χ0n) is 14.0. The SMILES string of the molecule is O=C(/C=C/c1ccc2c(c1)OCO2)N(c1ccccc1)c1ccccc1. The summed E-state index contributed by atoms with van der Waals surface area (Å²) in [5, 5.41) is 0. The van der Waals surface area contributed by atoms with Crippen LogP contribution in [0.4, 0.5) is 11.4 Å². The second kappa shape index (κ2) is 7.15. The average molecular weight is 343 g/mol. The van der Waals surface area contributed by atoms with Crippen LogP contribution in [0.25, 0.3) is 6.08 Å². The maximum Gasteiger partial charge on any atom is 0.255 e. The maximum atomic E-state index is 12.9. The number of hydrogen-bond donors (Lipinski definition) is 0. The van der Waals surface area contributed by atoms with Gasteiger partial charge in [0.25, 0.3) is 5.91 Å². The molecule has 3 aromatic carbocycles. The molecule has 0 saturated carbocycles. The Morgan fingerprint density at radius 3 is 2.08 bits per heavy atom. The lowest BCUT2D eigenvalue weighted by Gasteiger charge is -2.21. The van der Waals surface area contributed by atoms with E-state index in [4.69, 9.17) is 9.47 Å². The Labute approximate surface area is 151 Å². The van der Waals surface area contributed by atoms with Crippen LogP contribution < -0.4 is 14.4 Å². The third-order valence-corrected chi connectivity index (χ3v) is 4.06. The molecule has 0 fully saturated rings. The number of carbonyl (C=O) groups excluding carboxylic acids is 1. The van der Waals surface area contributed by atoms with Crippen molar-refractivity contribution in [3.63, 3.8) is 0 Å². The maximum absolute atomic E-state index is 12.9. The summed E-state index contributed by atoms with van der Waals surface area (Å²) in [4.78, 5) is 14.6. The molecule has 1 heterocycles. The quantitative estimate of drug-likeness (QED) is 0.639. The van der Waals surface area contributed by atoms with Crippen molar-refractivity contribution < 1.29 is 14.3 Å². The molecule has 0 radical (unpaired) electrons. The molecular formula is C22H17NO3. The van der Waals surface area contributed by atoms with Crippen LogP contribution in [-0.4, -0.2) is 12.7 Å². The van der Waals surface area contributed by atoms with Gasteiger partial charge in [0, 0.05) is 17.5 Å². The average Bonchev–Trinajstić information content (AvgIpc) is 3.16. The minimum Gasteiger partial charge on any atom is -0.454 e. The first-order valence-electron chi connectivity index (χ1n) is 8.33. The van der Waals surface area contributed by atoms with Crippen molar-refractivity contribution in [3.8, 4) is 11.5 Å². The molecule has 0 atom stereocenters. The number of anilines is 2. The molecular weight excluding hydrogens is 326 g/mol. The van der Waals surface area contributed by atoms with Crippen LogP contribution in [0.2, 0.25) is 0 Å². The van der Waals surface area contributed by atoms with Gasteiger partial charge in [-0.15, -0.1) is 0 Å². The Kier molecular flexibility index (Phi) is 4.39. The molecule has 0 aliphatic carbocycles. The first-order valence-corrected chi connectivity index (χ1v) is 8.33. The van der Waals surface area contributed by atoms with Gasteiger partial charge in [0.1, 0.15) is 0 Å². The molecule has 1 aliphatic heterocycles. The third-order valence-electron chi connectivity index (χ3n) is 4.06. The monoisotopic (exact) mass is 343 g/mol. The number of amides is 1. The number of fused-ring (bicyclic) bond motifs is 1.